The third kappa shape index (κ3) is 2.57. The molecule has 0 aromatic carbocycles. The van der Waals surface area contributed by atoms with Crippen molar-refractivity contribution in [2.24, 2.45) is 0 Å². The number of halogens is 1. The van der Waals surface area contributed by atoms with E-state index in [4.69, 9.17) is 21.1 Å². The standard InChI is InChI=1S/C12H9ClN2O3/c1-17-8-5-7-15-11(13)10(8)12(16)18-9-4-2-3-6-14-9/h2-7H,1H3. The molecule has 0 amide bonds. The molecule has 0 aliphatic rings. The number of ether oxygens (including phenoxy) is 2. The number of hydrogen-bond donors (Lipinski definition) is 0. The average molecular weight is 265 g/mol. The summed E-state index contributed by atoms with van der Waals surface area (Å²) in [6.07, 6.45) is 2.96. The van der Waals surface area contributed by atoms with E-state index < -0.39 is 5.97 Å². The minimum atomic E-state index is -0.663. The van der Waals surface area contributed by atoms with Gasteiger partial charge in [-0.05, 0) is 12.1 Å². The van der Waals surface area contributed by atoms with Crippen LogP contribution in [0.1, 0.15) is 10.4 Å². The first-order valence-electron chi connectivity index (χ1n) is 5.04. The zero-order valence-corrected chi connectivity index (χ0v) is 10.2. The Kier molecular flexibility index (Phi) is 3.74. The molecule has 0 aliphatic carbocycles. The van der Waals surface area contributed by atoms with Gasteiger partial charge in [-0.1, -0.05) is 17.7 Å². The van der Waals surface area contributed by atoms with E-state index in [1.807, 2.05) is 0 Å². The molecule has 0 saturated carbocycles. The molecule has 18 heavy (non-hydrogen) atoms. The summed E-state index contributed by atoms with van der Waals surface area (Å²) < 4.78 is 10.1. The van der Waals surface area contributed by atoms with Gasteiger partial charge in [-0.15, -0.1) is 0 Å². The molecule has 0 saturated heterocycles. The van der Waals surface area contributed by atoms with Crippen LogP contribution in [-0.2, 0) is 0 Å². The summed E-state index contributed by atoms with van der Waals surface area (Å²) in [6, 6.07) is 6.52. The smallest absolute Gasteiger partial charge is 0.351 e. The Morgan fingerprint density at radius 3 is 2.72 bits per heavy atom. The van der Waals surface area contributed by atoms with Crippen LogP contribution in [0.2, 0.25) is 5.15 Å². The van der Waals surface area contributed by atoms with E-state index in [0.717, 1.165) is 0 Å². The molecule has 0 unspecified atom stereocenters. The van der Waals surface area contributed by atoms with Gasteiger partial charge in [0.25, 0.3) is 0 Å². The quantitative estimate of drug-likeness (QED) is 0.629. The predicted octanol–water partition coefficient (Wildman–Crippen LogP) is 2.36. The number of nitrogens with zero attached hydrogens (tertiary/aromatic N) is 2. The maximum atomic E-state index is 11.9. The monoisotopic (exact) mass is 264 g/mol. The summed E-state index contributed by atoms with van der Waals surface area (Å²) in [5, 5.41) is 0.0234. The molecule has 0 fully saturated rings. The van der Waals surface area contributed by atoms with Crippen molar-refractivity contribution in [3.63, 3.8) is 0 Å². The Balaban J connectivity index is 2.29. The molecule has 92 valence electrons. The van der Waals surface area contributed by atoms with Crippen molar-refractivity contribution in [3.8, 4) is 11.6 Å². The maximum absolute atomic E-state index is 11.9. The fraction of sp³-hybridized carbons (Fsp3) is 0.0833. The number of aromatic nitrogens is 2. The van der Waals surface area contributed by atoms with Crippen LogP contribution >= 0.6 is 11.6 Å². The molecule has 5 nitrogen and oxygen atoms in total. The van der Waals surface area contributed by atoms with Crippen molar-refractivity contribution in [1.29, 1.82) is 0 Å². The van der Waals surface area contributed by atoms with Gasteiger partial charge in [-0.2, -0.15) is 0 Å². The van der Waals surface area contributed by atoms with Gasteiger partial charge in [0.1, 0.15) is 16.5 Å². The zero-order valence-electron chi connectivity index (χ0n) is 9.46. The molecule has 2 aromatic heterocycles. The van der Waals surface area contributed by atoms with Gasteiger partial charge in [-0.25, -0.2) is 14.8 Å². The lowest BCUT2D eigenvalue weighted by Gasteiger charge is -2.08. The van der Waals surface area contributed by atoms with E-state index >= 15 is 0 Å². The van der Waals surface area contributed by atoms with Gasteiger partial charge in [-0.3, -0.25) is 0 Å². The van der Waals surface area contributed by atoms with E-state index in [-0.39, 0.29) is 16.6 Å². The van der Waals surface area contributed by atoms with Crippen LogP contribution in [0.15, 0.2) is 36.7 Å². The molecule has 2 heterocycles. The van der Waals surface area contributed by atoms with E-state index in [2.05, 4.69) is 9.97 Å². The molecule has 6 heteroatoms. The third-order valence-corrected chi connectivity index (χ3v) is 2.41. The molecule has 0 aliphatic heterocycles. The van der Waals surface area contributed by atoms with Gasteiger partial charge in [0.15, 0.2) is 0 Å². The second-order valence-electron chi connectivity index (χ2n) is 3.24. The predicted molar refractivity (Wildman–Crippen MR) is 65.0 cm³/mol. The van der Waals surface area contributed by atoms with Crippen LogP contribution in [0.5, 0.6) is 11.6 Å². The minimum absolute atomic E-state index is 0.0234. The lowest BCUT2D eigenvalue weighted by Crippen LogP contribution is -2.12. The van der Waals surface area contributed by atoms with Gasteiger partial charge < -0.3 is 9.47 Å². The summed E-state index contributed by atoms with van der Waals surface area (Å²) >= 11 is 5.86. The Hall–Kier alpha value is -2.14. The number of pyridine rings is 2. The largest absolute Gasteiger partial charge is 0.496 e. The molecule has 0 atom stereocenters. The highest BCUT2D eigenvalue weighted by Gasteiger charge is 2.19. The summed E-state index contributed by atoms with van der Waals surface area (Å²) in [7, 11) is 1.43. The van der Waals surface area contributed by atoms with Crippen molar-refractivity contribution >= 4 is 17.6 Å². The first-order chi connectivity index (χ1) is 8.72. The molecule has 2 aromatic rings. The zero-order chi connectivity index (χ0) is 13.0. The van der Waals surface area contributed by atoms with Crippen molar-refractivity contribution in [1.82, 2.24) is 9.97 Å². The van der Waals surface area contributed by atoms with Crippen LogP contribution in [0, 0.1) is 0 Å². The maximum Gasteiger partial charge on any atom is 0.351 e. The molecule has 0 radical (unpaired) electrons. The highest BCUT2D eigenvalue weighted by molar-refractivity contribution is 6.32. The topological polar surface area (TPSA) is 61.3 Å². The van der Waals surface area contributed by atoms with Crippen LogP contribution in [0.25, 0.3) is 0 Å². The van der Waals surface area contributed by atoms with E-state index in [1.165, 1.54) is 25.6 Å². The number of esters is 1. The lowest BCUT2D eigenvalue weighted by molar-refractivity contribution is 0.0724. The summed E-state index contributed by atoms with van der Waals surface area (Å²) in [5.41, 5.74) is 0.0762. The van der Waals surface area contributed by atoms with Crippen LogP contribution in [0.4, 0.5) is 0 Å². The highest BCUT2D eigenvalue weighted by atomic mass is 35.5. The molecule has 0 bridgehead atoms. The average Bonchev–Trinajstić information content (AvgIpc) is 2.39. The first-order valence-corrected chi connectivity index (χ1v) is 5.42. The molecular weight excluding hydrogens is 256 g/mol. The number of carbonyl (C=O) groups is 1. The summed E-state index contributed by atoms with van der Waals surface area (Å²) in [5.74, 6) is -0.177. The summed E-state index contributed by atoms with van der Waals surface area (Å²) in [4.78, 5) is 19.6. The van der Waals surface area contributed by atoms with Gasteiger partial charge in [0, 0.05) is 18.5 Å². The molecule has 2 rings (SSSR count). The number of rotatable bonds is 3. The van der Waals surface area contributed by atoms with Crippen LogP contribution in [0.3, 0.4) is 0 Å². The Morgan fingerprint density at radius 2 is 2.06 bits per heavy atom. The third-order valence-electron chi connectivity index (χ3n) is 2.13. The SMILES string of the molecule is COc1ccnc(Cl)c1C(=O)Oc1ccccn1. The highest BCUT2D eigenvalue weighted by Crippen LogP contribution is 2.25. The van der Waals surface area contributed by atoms with Crippen LogP contribution < -0.4 is 9.47 Å². The Bertz CT molecular complexity index is 561. The first kappa shape index (κ1) is 12.3. The van der Waals surface area contributed by atoms with Crippen molar-refractivity contribution in [2.45, 2.75) is 0 Å². The fourth-order valence-electron chi connectivity index (χ4n) is 1.33. The lowest BCUT2D eigenvalue weighted by atomic mass is 10.2. The van der Waals surface area contributed by atoms with E-state index in [1.54, 1.807) is 18.2 Å². The number of methoxy groups -OCH3 is 1. The van der Waals surface area contributed by atoms with Crippen molar-refractivity contribution < 1.29 is 14.3 Å². The normalized spacial score (nSPS) is 9.89. The van der Waals surface area contributed by atoms with E-state index in [9.17, 15) is 4.79 Å². The minimum Gasteiger partial charge on any atom is -0.496 e. The summed E-state index contributed by atoms with van der Waals surface area (Å²) in [6.45, 7) is 0. The Morgan fingerprint density at radius 1 is 1.22 bits per heavy atom. The van der Waals surface area contributed by atoms with Gasteiger partial charge in [0.05, 0.1) is 7.11 Å². The second kappa shape index (κ2) is 5.46. The van der Waals surface area contributed by atoms with Crippen LogP contribution in [-0.4, -0.2) is 23.0 Å². The fourth-order valence-corrected chi connectivity index (χ4v) is 1.55. The second-order valence-corrected chi connectivity index (χ2v) is 3.59. The molecular formula is C12H9ClN2O3. The van der Waals surface area contributed by atoms with Crippen molar-refractivity contribution in [2.75, 3.05) is 7.11 Å². The Labute approximate surface area is 108 Å². The molecule has 0 spiro atoms. The number of hydrogen-bond acceptors (Lipinski definition) is 5. The van der Waals surface area contributed by atoms with Gasteiger partial charge in [0.2, 0.25) is 5.88 Å². The molecule has 0 N–H and O–H groups in total. The van der Waals surface area contributed by atoms with Gasteiger partial charge >= 0.3 is 5.97 Å². The number of carbonyl (C=O) groups excluding carboxylic acids is 1. The van der Waals surface area contributed by atoms with E-state index in [0.29, 0.717) is 5.75 Å². The van der Waals surface area contributed by atoms with Crippen molar-refractivity contribution in [3.05, 3.63) is 47.4 Å².